The van der Waals surface area contributed by atoms with Crippen molar-refractivity contribution in [1.82, 2.24) is 5.32 Å². The van der Waals surface area contributed by atoms with E-state index in [4.69, 9.17) is 10.5 Å². The van der Waals surface area contributed by atoms with Crippen LogP contribution < -0.4 is 11.1 Å². The van der Waals surface area contributed by atoms with E-state index in [0.29, 0.717) is 17.7 Å². The summed E-state index contributed by atoms with van der Waals surface area (Å²) in [5.41, 5.74) is 6.16. The van der Waals surface area contributed by atoms with Crippen LogP contribution >= 0.6 is 0 Å². The van der Waals surface area contributed by atoms with Crippen LogP contribution in [-0.2, 0) is 4.74 Å². The number of primary amides is 1. The van der Waals surface area contributed by atoms with Crippen LogP contribution in [0.5, 0.6) is 0 Å². The van der Waals surface area contributed by atoms with Crippen molar-refractivity contribution < 1.29 is 14.3 Å². The summed E-state index contributed by atoms with van der Waals surface area (Å²) in [6.07, 6.45) is 7.68. The molecule has 1 aromatic carbocycles. The number of carbonyl (C=O) groups excluding carboxylic acids is 2. The number of nitrogens with one attached hydrogen (secondary N) is 1. The van der Waals surface area contributed by atoms with Gasteiger partial charge in [0.05, 0.1) is 5.60 Å². The Morgan fingerprint density at radius 3 is 2.39 bits per heavy atom. The van der Waals surface area contributed by atoms with Crippen molar-refractivity contribution in [2.45, 2.75) is 56.6 Å². The molecule has 1 aromatic rings. The van der Waals surface area contributed by atoms with Gasteiger partial charge in [0.15, 0.2) is 0 Å². The van der Waals surface area contributed by atoms with Gasteiger partial charge in [0.25, 0.3) is 5.91 Å². The number of hydrogen-bond donors (Lipinski definition) is 2. The van der Waals surface area contributed by atoms with Gasteiger partial charge in [-0.15, -0.1) is 0 Å². The Morgan fingerprint density at radius 1 is 1.09 bits per heavy atom. The molecule has 2 fully saturated rings. The molecule has 3 N–H and O–H groups in total. The molecule has 1 aliphatic carbocycles. The Kier molecular flexibility index (Phi) is 4.66. The Balaban J connectivity index is 1.61. The monoisotopic (exact) mass is 316 g/mol. The molecule has 2 amide bonds. The quantitative estimate of drug-likeness (QED) is 0.898. The smallest absolute Gasteiger partial charge is 0.251 e. The molecule has 1 saturated heterocycles. The molecular weight excluding hydrogens is 292 g/mol. The summed E-state index contributed by atoms with van der Waals surface area (Å²) in [4.78, 5) is 23.5. The summed E-state index contributed by atoms with van der Waals surface area (Å²) in [5.74, 6) is -0.584. The predicted molar refractivity (Wildman–Crippen MR) is 87.2 cm³/mol. The molecule has 3 rings (SSSR count). The molecule has 1 unspecified atom stereocenters. The van der Waals surface area contributed by atoms with Gasteiger partial charge in [-0.25, -0.2) is 0 Å². The fraction of sp³-hybridized carbons (Fsp3) is 0.556. The third-order valence-electron chi connectivity index (χ3n) is 5.02. The zero-order valence-electron chi connectivity index (χ0n) is 13.3. The summed E-state index contributed by atoms with van der Waals surface area (Å²) in [7, 11) is 0. The molecule has 1 saturated carbocycles. The van der Waals surface area contributed by atoms with Gasteiger partial charge >= 0.3 is 0 Å². The van der Waals surface area contributed by atoms with E-state index in [0.717, 1.165) is 25.7 Å². The normalized spacial score (nSPS) is 23.4. The fourth-order valence-corrected chi connectivity index (χ4v) is 3.75. The molecule has 5 nitrogen and oxygen atoms in total. The van der Waals surface area contributed by atoms with E-state index in [-0.39, 0.29) is 17.6 Å². The van der Waals surface area contributed by atoms with Crippen molar-refractivity contribution in [1.29, 1.82) is 0 Å². The first kappa shape index (κ1) is 16.0. The molecule has 23 heavy (non-hydrogen) atoms. The molecule has 124 valence electrons. The third kappa shape index (κ3) is 3.72. The van der Waals surface area contributed by atoms with E-state index < -0.39 is 5.91 Å². The van der Waals surface area contributed by atoms with E-state index in [1.807, 2.05) is 0 Å². The minimum absolute atomic E-state index is 0.0235. The standard InChI is InChI=1S/C18H24N2O3/c19-16(21)13-4-6-14(7-5-13)17(22)20-15-8-11-23-18(12-15)9-2-1-3-10-18/h4-7,15H,1-3,8-12H2,(H2,19,21)(H,20,22). The molecular formula is C18H24N2O3. The van der Waals surface area contributed by atoms with Crippen molar-refractivity contribution in [3.63, 3.8) is 0 Å². The van der Waals surface area contributed by atoms with E-state index in [1.165, 1.54) is 19.3 Å². The zero-order valence-corrected chi connectivity index (χ0v) is 13.3. The Labute approximate surface area is 136 Å². The fourth-order valence-electron chi connectivity index (χ4n) is 3.75. The lowest BCUT2D eigenvalue weighted by Gasteiger charge is -2.43. The van der Waals surface area contributed by atoms with Crippen molar-refractivity contribution in [2.24, 2.45) is 5.73 Å². The number of nitrogens with two attached hydrogens (primary N) is 1. The summed E-state index contributed by atoms with van der Waals surface area (Å²) in [5, 5.41) is 3.12. The summed E-state index contributed by atoms with van der Waals surface area (Å²) < 4.78 is 6.06. The van der Waals surface area contributed by atoms with Crippen molar-refractivity contribution in [2.75, 3.05) is 6.61 Å². The van der Waals surface area contributed by atoms with Crippen LogP contribution in [-0.4, -0.2) is 30.1 Å². The van der Waals surface area contributed by atoms with Crippen LogP contribution in [0, 0.1) is 0 Å². The second kappa shape index (κ2) is 6.71. The second-order valence-electron chi connectivity index (χ2n) is 6.70. The molecule has 0 aromatic heterocycles. The van der Waals surface area contributed by atoms with Gasteiger partial charge in [0.1, 0.15) is 0 Å². The largest absolute Gasteiger partial charge is 0.375 e. The average Bonchev–Trinajstić information content (AvgIpc) is 2.55. The van der Waals surface area contributed by atoms with E-state index in [1.54, 1.807) is 24.3 Å². The Bertz CT molecular complexity index is 571. The molecule has 2 aliphatic rings. The Morgan fingerprint density at radius 2 is 1.74 bits per heavy atom. The summed E-state index contributed by atoms with van der Waals surface area (Å²) in [6.45, 7) is 0.714. The van der Waals surface area contributed by atoms with Gasteiger partial charge in [-0.2, -0.15) is 0 Å². The van der Waals surface area contributed by atoms with Crippen LogP contribution in [0.1, 0.15) is 65.7 Å². The van der Waals surface area contributed by atoms with Crippen molar-refractivity contribution in [3.05, 3.63) is 35.4 Å². The molecule has 0 radical (unpaired) electrons. The van der Waals surface area contributed by atoms with E-state index >= 15 is 0 Å². The highest BCUT2D eigenvalue weighted by molar-refractivity contribution is 5.97. The number of rotatable bonds is 3. The number of ether oxygens (including phenoxy) is 1. The highest BCUT2D eigenvalue weighted by atomic mass is 16.5. The SMILES string of the molecule is NC(=O)c1ccc(C(=O)NC2CCOC3(CCCCC3)C2)cc1. The maximum atomic E-state index is 12.4. The van der Waals surface area contributed by atoms with E-state index in [9.17, 15) is 9.59 Å². The first-order valence-corrected chi connectivity index (χ1v) is 8.43. The van der Waals surface area contributed by atoms with Gasteiger partial charge in [-0.05, 0) is 49.9 Å². The minimum atomic E-state index is -0.486. The number of carbonyl (C=O) groups is 2. The summed E-state index contributed by atoms with van der Waals surface area (Å²) in [6, 6.07) is 6.62. The first-order valence-electron chi connectivity index (χ1n) is 8.43. The van der Waals surface area contributed by atoms with Gasteiger partial charge in [-0.3, -0.25) is 9.59 Å². The van der Waals surface area contributed by atoms with Crippen LogP contribution in [0.3, 0.4) is 0 Å². The number of hydrogen-bond acceptors (Lipinski definition) is 3. The lowest BCUT2D eigenvalue weighted by molar-refractivity contribution is -0.107. The van der Waals surface area contributed by atoms with E-state index in [2.05, 4.69) is 5.32 Å². The number of benzene rings is 1. The minimum Gasteiger partial charge on any atom is -0.375 e. The van der Waals surface area contributed by atoms with Crippen LogP contribution in [0.15, 0.2) is 24.3 Å². The van der Waals surface area contributed by atoms with Crippen LogP contribution in [0.25, 0.3) is 0 Å². The van der Waals surface area contributed by atoms with Crippen LogP contribution in [0.4, 0.5) is 0 Å². The van der Waals surface area contributed by atoms with Gasteiger partial charge in [0, 0.05) is 23.8 Å². The van der Waals surface area contributed by atoms with Crippen molar-refractivity contribution in [3.8, 4) is 0 Å². The third-order valence-corrected chi connectivity index (χ3v) is 5.02. The molecule has 5 heteroatoms. The lowest BCUT2D eigenvalue weighted by Crippen LogP contribution is -2.49. The zero-order chi connectivity index (χ0) is 16.3. The van der Waals surface area contributed by atoms with Gasteiger partial charge in [-0.1, -0.05) is 19.3 Å². The van der Waals surface area contributed by atoms with Crippen molar-refractivity contribution >= 4 is 11.8 Å². The Hall–Kier alpha value is -1.88. The molecule has 1 atom stereocenters. The molecule has 0 bridgehead atoms. The maximum absolute atomic E-state index is 12.4. The molecule has 1 aliphatic heterocycles. The van der Waals surface area contributed by atoms with Gasteiger partial charge in [0.2, 0.25) is 5.91 Å². The molecule has 1 spiro atoms. The topological polar surface area (TPSA) is 81.4 Å². The number of amides is 2. The highest BCUT2D eigenvalue weighted by Crippen LogP contribution is 2.38. The van der Waals surface area contributed by atoms with Crippen LogP contribution in [0.2, 0.25) is 0 Å². The first-order chi connectivity index (χ1) is 11.1. The summed E-state index contributed by atoms with van der Waals surface area (Å²) >= 11 is 0. The molecule has 1 heterocycles. The lowest BCUT2D eigenvalue weighted by atomic mass is 9.78. The average molecular weight is 316 g/mol. The highest BCUT2D eigenvalue weighted by Gasteiger charge is 2.38. The van der Waals surface area contributed by atoms with Gasteiger partial charge < -0.3 is 15.8 Å². The second-order valence-corrected chi connectivity index (χ2v) is 6.70. The predicted octanol–water partition coefficient (Wildman–Crippen LogP) is 2.40. The maximum Gasteiger partial charge on any atom is 0.251 e.